The molecule has 0 unspecified atom stereocenters. The second-order valence-electron chi connectivity index (χ2n) is 8.51. The fourth-order valence-corrected chi connectivity index (χ4v) is 5.44. The van der Waals surface area contributed by atoms with Gasteiger partial charge in [-0.2, -0.15) is 10.1 Å². The number of halogens is 2. The van der Waals surface area contributed by atoms with Gasteiger partial charge in [0.1, 0.15) is 6.61 Å². The van der Waals surface area contributed by atoms with E-state index >= 15 is 0 Å². The minimum absolute atomic E-state index is 0.141. The van der Waals surface area contributed by atoms with Crippen LogP contribution in [0.3, 0.4) is 0 Å². The minimum Gasteiger partial charge on any atom is -0.493 e. The Morgan fingerprint density at radius 2 is 1.70 bits per heavy atom. The maximum absolute atomic E-state index is 12.9. The number of amides is 2. The summed E-state index contributed by atoms with van der Waals surface area (Å²) < 4.78 is 11.3. The third-order valence-electron chi connectivity index (χ3n) is 6.64. The SMILES string of the molecule is COc1cc(/C=N\N2C(=O)[C@@H]3[C@H](C2=O)[C@@H]2C=C[C@H]3CC2)ccc1OCc1ccc(Cl)cc1Cl. The number of ether oxygens (including phenoxy) is 2. The highest BCUT2D eigenvalue weighted by atomic mass is 35.5. The van der Waals surface area contributed by atoms with Gasteiger partial charge in [-0.1, -0.05) is 41.4 Å². The van der Waals surface area contributed by atoms with E-state index in [2.05, 4.69) is 17.3 Å². The minimum atomic E-state index is -0.275. The number of hydrogen-bond donors (Lipinski definition) is 0. The monoisotopic (exact) mass is 484 g/mol. The average molecular weight is 485 g/mol. The number of benzene rings is 2. The fraction of sp³-hybridized carbons (Fsp3) is 0.320. The van der Waals surface area contributed by atoms with Crippen LogP contribution in [0.25, 0.3) is 0 Å². The van der Waals surface area contributed by atoms with Crippen molar-refractivity contribution >= 4 is 41.2 Å². The fourth-order valence-electron chi connectivity index (χ4n) is 4.97. The second kappa shape index (κ2) is 8.84. The topological polar surface area (TPSA) is 68.2 Å². The zero-order valence-electron chi connectivity index (χ0n) is 17.9. The molecule has 1 aliphatic heterocycles. The zero-order chi connectivity index (χ0) is 23.1. The van der Waals surface area contributed by atoms with Crippen molar-refractivity contribution in [2.75, 3.05) is 7.11 Å². The van der Waals surface area contributed by atoms with Gasteiger partial charge < -0.3 is 9.47 Å². The molecule has 1 heterocycles. The van der Waals surface area contributed by atoms with E-state index in [-0.39, 0.29) is 42.1 Å². The van der Waals surface area contributed by atoms with E-state index in [1.54, 1.807) is 37.4 Å². The Bertz CT molecular complexity index is 1150. The van der Waals surface area contributed by atoms with Crippen molar-refractivity contribution in [3.05, 3.63) is 69.7 Å². The van der Waals surface area contributed by atoms with Crippen LogP contribution < -0.4 is 9.47 Å². The molecular weight excluding hydrogens is 463 g/mol. The molecule has 0 N–H and O–H groups in total. The van der Waals surface area contributed by atoms with Gasteiger partial charge in [-0.05, 0) is 60.6 Å². The molecule has 2 aromatic carbocycles. The van der Waals surface area contributed by atoms with Crippen LogP contribution in [0.4, 0.5) is 0 Å². The number of carbonyl (C=O) groups is 2. The molecule has 3 aliphatic carbocycles. The Kier molecular flexibility index (Phi) is 5.89. The van der Waals surface area contributed by atoms with Crippen molar-refractivity contribution in [3.8, 4) is 11.5 Å². The zero-order valence-corrected chi connectivity index (χ0v) is 19.4. The van der Waals surface area contributed by atoms with Crippen LogP contribution >= 0.6 is 23.2 Å². The van der Waals surface area contributed by atoms with Crippen LogP contribution in [0, 0.1) is 23.7 Å². The Hall–Kier alpha value is -2.83. The Morgan fingerprint density at radius 1 is 1.00 bits per heavy atom. The van der Waals surface area contributed by atoms with E-state index in [1.165, 1.54) is 6.21 Å². The molecule has 170 valence electrons. The van der Waals surface area contributed by atoms with E-state index < -0.39 is 0 Å². The quantitative estimate of drug-likeness (QED) is 0.324. The van der Waals surface area contributed by atoms with Crippen molar-refractivity contribution in [1.82, 2.24) is 5.01 Å². The smallest absolute Gasteiger partial charge is 0.254 e. The number of fused-ring (bicyclic) bond motifs is 1. The molecule has 0 radical (unpaired) electrons. The number of methoxy groups -OCH3 is 1. The number of rotatable bonds is 6. The molecule has 2 fully saturated rings. The van der Waals surface area contributed by atoms with Crippen LogP contribution in [0.15, 0.2) is 53.7 Å². The Morgan fingerprint density at radius 3 is 2.30 bits per heavy atom. The molecule has 1 saturated carbocycles. The second-order valence-corrected chi connectivity index (χ2v) is 9.35. The molecule has 2 bridgehead atoms. The first-order valence-corrected chi connectivity index (χ1v) is 11.6. The lowest BCUT2D eigenvalue weighted by molar-refractivity contribution is -0.140. The summed E-state index contributed by atoms with van der Waals surface area (Å²) in [6.07, 6.45) is 7.60. The van der Waals surface area contributed by atoms with Crippen molar-refractivity contribution in [2.45, 2.75) is 19.4 Å². The summed E-state index contributed by atoms with van der Waals surface area (Å²) in [4.78, 5) is 25.8. The van der Waals surface area contributed by atoms with Crippen molar-refractivity contribution in [2.24, 2.45) is 28.8 Å². The molecule has 33 heavy (non-hydrogen) atoms. The lowest BCUT2D eigenvalue weighted by atomic mass is 9.63. The molecular formula is C25H22Cl2N2O4. The maximum Gasteiger partial charge on any atom is 0.254 e. The van der Waals surface area contributed by atoms with Gasteiger partial charge in [0.25, 0.3) is 11.8 Å². The molecule has 6 rings (SSSR count). The molecule has 1 saturated heterocycles. The molecule has 2 amide bonds. The van der Waals surface area contributed by atoms with Gasteiger partial charge in [-0.25, -0.2) is 0 Å². The number of hydrogen-bond acceptors (Lipinski definition) is 5. The summed E-state index contributed by atoms with van der Waals surface area (Å²) >= 11 is 12.2. The van der Waals surface area contributed by atoms with Gasteiger partial charge in [0.2, 0.25) is 0 Å². The van der Waals surface area contributed by atoms with Crippen LogP contribution in [-0.4, -0.2) is 30.1 Å². The summed E-state index contributed by atoms with van der Waals surface area (Å²) in [5, 5.41) is 6.38. The lowest BCUT2D eigenvalue weighted by Crippen LogP contribution is -2.38. The average Bonchev–Trinajstić information content (AvgIpc) is 3.10. The van der Waals surface area contributed by atoms with Gasteiger partial charge in [0.15, 0.2) is 11.5 Å². The third kappa shape index (κ3) is 4.02. The Labute approximate surface area is 201 Å². The molecule has 6 nitrogen and oxygen atoms in total. The molecule has 8 heteroatoms. The van der Waals surface area contributed by atoms with Crippen molar-refractivity contribution in [3.63, 3.8) is 0 Å². The Balaban J connectivity index is 1.30. The highest BCUT2D eigenvalue weighted by molar-refractivity contribution is 6.35. The summed E-state index contributed by atoms with van der Waals surface area (Å²) in [7, 11) is 1.54. The van der Waals surface area contributed by atoms with Gasteiger partial charge in [-0.15, -0.1) is 0 Å². The predicted molar refractivity (Wildman–Crippen MR) is 126 cm³/mol. The summed E-state index contributed by atoms with van der Waals surface area (Å²) in [6.45, 7) is 0.246. The third-order valence-corrected chi connectivity index (χ3v) is 7.23. The highest BCUT2D eigenvalue weighted by Gasteiger charge is 2.56. The van der Waals surface area contributed by atoms with Crippen molar-refractivity contribution < 1.29 is 19.1 Å². The number of imide groups is 1. The molecule has 4 atom stereocenters. The molecule has 0 aromatic heterocycles. The number of hydrazone groups is 1. The number of nitrogens with zero attached hydrogens (tertiary/aromatic N) is 2. The van der Waals surface area contributed by atoms with E-state index in [1.807, 2.05) is 6.07 Å². The predicted octanol–water partition coefficient (Wildman–Crippen LogP) is 5.11. The summed E-state index contributed by atoms with van der Waals surface area (Å²) in [5.74, 6) is 0.359. The van der Waals surface area contributed by atoms with Crippen LogP contribution in [0.2, 0.25) is 10.0 Å². The largest absolute Gasteiger partial charge is 0.493 e. The standard InChI is InChI=1S/C25H22Cl2N2O4/c1-32-21-10-14(2-9-20(21)33-13-17-7-8-18(26)11-19(17)27)12-28-29-24(30)22-15-3-4-16(6-5-15)23(22)25(29)31/h2-4,7-12,15-16,22-23H,5-6,13H2,1H3/b28-12-/t15-,16+,22-,23+. The van der Waals surface area contributed by atoms with E-state index in [9.17, 15) is 9.59 Å². The summed E-state index contributed by atoms with van der Waals surface area (Å²) in [6, 6.07) is 10.5. The molecule has 0 spiro atoms. The normalized spacial score (nSPS) is 25.7. The van der Waals surface area contributed by atoms with E-state index in [0.717, 1.165) is 23.4 Å². The van der Waals surface area contributed by atoms with Gasteiger partial charge in [-0.3, -0.25) is 9.59 Å². The van der Waals surface area contributed by atoms with Crippen molar-refractivity contribution in [1.29, 1.82) is 0 Å². The first kappa shape index (κ1) is 22.0. The van der Waals surface area contributed by atoms with E-state index in [4.69, 9.17) is 32.7 Å². The maximum atomic E-state index is 12.9. The highest BCUT2D eigenvalue weighted by Crippen LogP contribution is 2.49. The van der Waals surface area contributed by atoms with Gasteiger partial charge >= 0.3 is 0 Å². The first-order valence-electron chi connectivity index (χ1n) is 10.8. The summed E-state index contributed by atoms with van der Waals surface area (Å²) in [5.41, 5.74) is 1.48. The van der Waals surface area contributed by atoms with Crippen LogP contribution in [0.1, 0.15) is 24.0 Å². The lowest BCUT2D eigenvalue weighted by Gasteiger charge is -2.37. The first-order chi connectivity index (χ1) is 16.0. The van der Waals surface area contributed by atoms with Gasteiger partial charge in [0, 0.05) is 15.6 Å². The van der Waals surface area contributed by atoms with Gasteiger partial charge in [0.05, 0.1) is 25.2 Å². The molecule has 2 aromatic rings. The van der Waals surface area contributed by atoms with Crippen LogP contribution in [0.5, 0.6) is 11.5 Å². The number of carbonyl (C=O) groups excluding carboxylic acids is 2. The number of allylic oxidation sites excluding steroid dienone is 2. The van der Waals surface area contributed by atoms with Crippen LogP contribution in [-0.2, 0) is 16.2 Å². The molecule has 4 aliphatic rings. The van der Waals surface area contributed by atoms with E-state index in [0.29, 0.717) is 27.1 Å².